The van der Waals surface area contributed by atoms with Crippen molar-refractivity contribution in [3.63, 3.8) is 0 Å². The lowest BCUT2D eigenvalue weighted by molar-refractivity contribution is 0.0970. The van der Waals surface area contributed by atoms with Crippen LogP contribution in [-0.4, -0.2) is 15.3 Å². The Hall–Kier alpha value is -2.57. The lowest BCUT2D eigenvalue weighted by Crippen LogP contribution is -2.24. The van der Waals surface area contributed by atoms with Gasteiger partial charge in [0.15, 0.2) is 5.78 Å². The molecule has 2 heterocycles. The summed E-state index contributed by atoms with van der Waals surface area (Å²) in [7, 11) is 0. The molecule has 0 unspecified atom stereocenters. The molecule has 128 valence electrons. The largest absolute Gasteiger partial charge is 0.292 e. The molecular weight excluding hydrogens is 412 g/mol. The number of aromatic nitrogens is 2. The van der Waals surface area contributed by atoms with E-state index in [1.54, 1.807) is 18.2 Å². The van der Waals surface area contributed by atoms with Crippen molar-refractivity contribution in [2.45, 2.75) is 6.54 Å². The average Bonchev–Trinajstić information content (AvgIpc) is 3.14. The van der Waals surface area contributed by atoms with Crippen LogP contribution in [0.1, 0.15) is 10.4 Å². The number of carbonyl (C=O) groups is 1. The molecule has 0 aliphatic rings. The lowest BCUT2D eigenvalue weighted by Gasteiger charge is -2.06. The van der Waals surface area contributed by atoms with Gasteiger partial charge in [0.05, 0.1) is 18.4 Å². The Labute approximate surface area is 161 Å². The fourth-order valence-corrected chi connectivity index (χ4v) is 3.79. The Bertz CT molecular complexity index is 1150. The van der Waals surface area contributed by atoms with E-state index in [4.69, 9.17) is 0 Å². The van der Waals surface area contributed by atoms with Crippen molar-refractivity contribution in [2.75, 3.05) is 0 Å². The van der Waals surface area contributed by atoms with E-state index in [0.29, 0.717) is 15.8 Å². The van der Waals surface area contributed by atoms with E-state index in [1.165, 1.54) is 22.2 Å². The molecule has 0 amide bonds. The Balaban J connectivity index is 1.57. The minimum Gasteiger partial charge on any atom is -0.292 e. The highest BCUT2D eigenvalue weighted by atomic mass is 79.9. The van der Waals surface area contributed by atoms with Crippen molar-refractivity contribution >= 4 is 43.3 Å². The van der Waals surface area contributed by atoms with Gasteiger partial charge in [-0.05, 0) is 34.7 Å². The van der Waals surface area contributed by atoms with Crippen LogP contribution in [0.25, 0.3) is 21.3 Å². The zero-order valence-corrected chi connectivity index (χ0v) is 16.0. The first kappa shape index (κ1) is 16.9. The number of hydrogen-bond donors (Lipinski definition) is 0. The van der Waals surface area contributed by atoms with Crippen molar-refractivity contribution in [1.82, 2.24) is 9.55 Å². The van der Waals surface area contributed by atoms with Gasteiger partial charge in [-0.25, -0.2) is 4.98 Å². The molecule has 4 nitrogen and oxygen atoms in total. The van der Waals surface area contributed by atoms with Crippen molar-refractivity contribution in [1.29, 1.82) is 0 Å². The number of hydrogen-bond acceptors (Lipinski definition) is 4. The molecule has 0 radical (unpaired) electrons. The summed E-state index contributed by atoms with van der Waals surface area (Å²) in [4.78, 5) is 29.2. The summed E-state index contributed by atoms with van der Waals surface area (Å²) >= 11 is 4.76. The predicted molar refractivity (Wildman–Crippen MR) is 108 cm³/mol. The molecule has 0 aliphatic carbocycles. The van der Waals surface area contributed by atoms with Crippen LogP contribution in [0.5, 0.6) is 0 Å². The van der Waals surface area contributed by atoms with Gasteiger partial charge in [-0.15, -0.1) is 11.3 Å². The highest BCUT2D eigenvalue weighted by Crippen LogP contribution is 2.22. The van der Waals surface area contributed by atoms with E-state index >= 15 is 0 Å². The lowest BCUT2D eigenvalue weighted by atomic mass is 10.0. The zero-order valence-electron chi connectivity index (χ0n) is 13.6. The first-order valence-electron chi connectivity index (χ1n) is 7.94. The molecule has 4 rings (SSSR count). The van der Waals surface area contributed by atoms with Gasteiger partial charge in [0.1, 0.15) is 4.70 Å². The fourth-order valence-electron chi connectivity index (χ4n) is 2.73. The van der Waals surface area contributed by atoms with Gasteiger partial charge in [-0.3, -0.25) is 14.2 Å². The third kappa shape index (κ3) is 3.25. The van der Waals surface area contributed by atoms with Crippen LogP contribution in [0.4, 0.5) is 0 Å². The van der Waals surface area contributed by atoms with Gasteiger partial charge in [0, 0.05) is 10.0 Å². The zero-order chi connectivity index (χ0) is 18.1. The molecule has 0 saturated carbocycles. The number of rotatable bonds is 4. The van der Waals surface area contributed by atoms with Gasteiger partial charge in [0.25, 0.3) is 5.56 Å². The first-order chi connectivity index (χ1) is 12.6. The van der Waals surface area contributed by atoms with Crippen molar-refractivity contribution in [3.8, 4) is 11.1 Å². The Morgan fingerprint density at radius 3 is 2.35 bits per heavy atom. The number of ketones is 1. The highest BCUT2D eigenvalue weighted by molar-refractivity contribution is 9.10. The number of nitrogens with zero attached hydrogens (tertiary/aromatic N) is 2. The summed E-state index contributed by atoms with van der Waals surface area (Å²) < 4.78 is 2.96. The summed E-state index contributed by atoms with van der Waals surface area (Å²) in [5.41, 5.74) is 3.18. The summed E-state index contributed by atoms with van der Waals surface area (Å²) in [5, 5.41) is 1.83. The summed E-state index contributed by atoms with van der Waals surface area (Å²) in [6.07, 6.45) is 1.44. The molecule has 0 aliphatic heterocycles. The third-order valence-electron chi connectivity index (χ3n) is 4.13. The fraction of sp³-hybridized carbons (Fsp3) is 0.0500. The number of halogens is 1. The van der Waals surface area contributed by atoms with Crippen molar-refractivity contribution in [2.24, 2.45) is 0 Å². The van der Waals surface area contributed by atoms with E-state index in [9.17, 15) is 9.59 Å². The second-order valence-electron chi connectivity index (χ2n) is 5.82. The Kier molecular flexibility index (Phi) is 4.53. The second-order valence-corrected chi connectivity index (χ2v) is 7.65. The van der Waals surface area contributed by atoms with Crippen LogP contribution < -0.4 is 5.56 Å². The Morgan fingerprint density at radius 2 is 1.65 bits per heavy atom. The molecule has 0 spiro atoms. The van der Waals surface area contributed by atoms with Gasteiger partial charge in [-0.1, -0.05) is 52.3 Å². The second kappa shape index (κ2) is 6.97. The maximum absolute atomic E-state index is 12.5. The number of thiophene rings is 1. The van der Waals surface area contributed by atoms with E-state index in [1.807, 2.05) is 41.8 Å². The van der Waals surface area contributed by atoms with Gasteiger partial charge in [0.2, 0.25) is 0 Å². The quantitative estimate of drug-likeness (QED) is 0.443. The number of carbonyl (C=O) groups excluding carboxylic acids is 1. The molecule has 0 N–H and O–H groups in total. The summed E-state index contributed by atoms with van der Waals surface area (Å²) in [6.45, 7) is -0.0166. The third-order valence-corrected chi connectivity index (χ3v) is 5.55. The maximum Gasteiger partial charge on any atom is 0.271 e. The molecule has 0 saturated heterocycles. The van der Waals surface area contributed by atoms with E-state index in [-0.39, 0.29) is 17.9 Å². The van der Waals surface area contributed by atoms with Crippen LogP contribution in [0, 0.1) is 0 Å². The van der Waals surface area contributed by atoms with E-state index < -0.39 is 0 Å². The smallest absolute Gasteiger partial charge is 0.271 e. The van der Waals surface area contributed by atoms with Gasteiger partial charge < -0.3 is 0 Å². The Morgan fingerprint density at radius 1 is 1.00 bits per heavy atom. The number of benzene rings is 2. The number of fused-ring (bicyclic) bond motifs is 1. The van der Waals surface area contributed by atoms with E-state index in [2.05, 4.69) is 20.9 Å². The van der Waals surface area contributed by atoms with E-state index in [0.717, 1.165) is 15.6 Å². The first-order valence-corrected chi connectivity index (χ1v) is 9.61. The molecule has 2 aromatic carbocycles. The average molecular weight is 425 g/mol. The summed E-state index contributed by atoms with van der Waals surface area (Å²) in [5.74, 6) is -0.118. The summed E-state index contributed by atoms with van der Waals surface area (Å²) in [6, 6.07) is 17.2. The predicted octanol–water partition coefficient (Wildman–Crippen LogP) is 4.77. The molecule has 0 fully saturated rings. The molecule has 4 aromatic rings. The molecule has 6 heteroatoms. The van der Waals surface area contributed by atoms with Crippen LogP contribution in [0.2, 0.25) is 0 Å². The molecular formula is C20H13BrN2O2S. The van der Waals surface area contributed by atoms with Gasteiger partial charge >= 0.3 is 0 Å². The van der Waals surface area contributed by atoms with Crippen LogP contribution >= 0.6 is 27.3 Å². The van der Waals surface area contributed by atoms with Gasteiger partial charge in [-0.2, -0.15) is 0 Å². The van der Waals surface area contributed by atoms with Crippen LogP contribution in [0.15, 0.2) is 75.6 Å². The molecule has 26 heavy (non-hydrogen) atoms. The minimum atomic E-state index is -0.176. The SMILES string of the molecule is O=C(Cn1cnc2ccsc2c1=O)c1ccc(-c2ccc(Br)cc2)cc1. The molecule has 0 atom stereocenters. The normalized spacial score (nSPS) is 11.0. The molecule has 0 bridgehead atoms. The van der Waals surface area contributed by atoms with Crippen LogP contribution in [0.3, 0.4) is 0 Å². The maximum atomic E-state index is 12.5. The monoisotopic (exact) mass is 424 g/mol. The molecule has 2 aromatic heterocycles. The van der Waals surface area contributed by atoms with Crippen LogP contribution in [-0.2, 0) is 6.54 Å². The van der Waals surface area contributed by atoms with Crippen molar-refractivity contribution < 1.29 is 4.79 Å². The van der Waals surface area contributed by atoms with Crippen molar-refractivity contribution in [3.05, 3.63) is 86.7 Å². The topological polar surface area (TPSA) is 52.0 Å². The highest BCUT2D eigenvalue weighted by Gasteiger charge is 2.11. The standard InChI is InChI=1S/C20H13BrN2O2S/c21-16-7-5-14(6-8-16)13-1-3-15(4-2-13)18(24)11-23-12-22-17-9-10-26-19(17)20(23)25/h1-10,12H,11H2. The minimum absolute atomic E-state index is 0.0166. The number of Topliss-reactive ketones (excluding diaryl/α,β-unsaturated/α-hetero) is 1.